The molecule has 14 heavy (non-hydrogen) atoms. The Morgan fingerprint density at radius 1 is 0.786 bits per heavy atom. The second-order valence-electron chi connectivity index (χ2n) is 6.64. The molecule has 0 heterocycles. The van der Waals surface area contributed by atoms with E-state index in [9.17, 15) is 0 Å². The molecule has 0 nitrogen and oxygen atoms in total. The van der Waals surface area contributed by atoms with Crippen molar-refractivity contribution in [2.45, 2.75) is 49.8 Å². The summed E-state index contributed by atoms with van der Waals surface area (Å²) in [5.41, 5.74) is 0.836. The van der Waals surface area contributed by atoms with Crippen LogP contribution in [0, 0.1) is 29.1 Å². The van der Waals surface area contributed by atoms with Crippen LogP contribution >= 0.6 is 15.9 Å². The first-order valence-corrected chi connectivity index (χ1v) is 7.31. The average molecular weight is 255 g/mol. The second-order valence-corrected chi connectivity index (χ2v) is 7.81. The maximum atomic E-state index is 3.84. The van der Waals surface area contributed by atoms with Crippen LogP contribution in [0.2, 0.25) is 0 Å². The minimum absolute atomic E-state index is 0.836. The molecular weight excluding hydrogens is 236 g/mol. The predicted octanol–water partition coefficient (Wildman–Crippen LogP) is 3.99. The largest absolute Gasteiger partial charge is 0.0887 e. The van der Waals surface area contributed by atoms with Gasteiger partial charge in [0.25, 0.3) is 0 Å². The summed E-state index contributed by atoms with van der Waals surface area (Å²) >= 11 is 3.84. The lowest BCUT2D eigenvalue weighted by Crippen LogP contribution is -2.47. The first-order valence-electron chi connectivity index (χ1n) is 6.39. The van der Waals surface area contributed by atoms with Gasteiger partial charge < -0.3 is 0 Å². The number of rotatable bonds is 1. The molecule has 5 aliphatic carbocycles. The SMILES string of the molecule is Br[C@@H]1C[C@H]1C12CC3CC(CC(C3)C1)C2. The van der Waals surface area contributed by atoms with E-state index in [4.69, 9.17) is 0 Å². The van der Waals surface area contributed by atoms with Gasteiger partial charge in [-0.05, 0) is 74.0 Å². The molecule has 0 unspecified atom stereocenters. The quantitative estimate of drug-likeness (QED) is 0.621. The van der Waals surface area contributed by atoms with Crippen LogP contribution in [0.4, 0.5) is 0 Å². The van der Waals surface area contributed by atoms with Gasteiger partial charge in [-0.1, -0.05) is 15.9 Å². The van der Waals surface area contributed by atoms with Crippen molar-refractivity contribution in [3.63, 3.8) is 0 Å². The third-order valence-corrected chi connectivity index (χ3v) is 6.60. The smallest absolute Gasteiger partial charge is 0.0183 e. The van der Waals surface area contributed by atoms with E-state index in [1.165, 1.54) is 6.42 Å². The van der Waals surface area contributed by atoms with Gasteiger partial charge in [0, 0.05) is 4.83 Å². The molecule has 5 saturated carbocycles. The Morgan fingerprint density at radius 3 is 1.57 bits per heavy atom. The molecule has 78 valence electrons. The monoisotopic (exact) mass is 254 g/mol. The summed E-state index contributed by atoms with van der Waals surface area (Å²) in [6.07, 6.45) is 11.1. The summed E-state index contributed by atoms with van der Waals surface area (Å²) in [7, 11) is 0. The highest BCUT2D eigenvalue weighted by Gasteiger charge is 2.59. The van der Waals surface area contributed by atoms with Crippen molar-refractivity contribution in [2.24, 2.45) is 29.1 Å². The van der Waals surface area contributed by atoms with Crippen LogP contribution in [0.1, 0.15) is 44.9 Å². The number of hydrogen-bond donors (Lipinski definition) is 0. The molecule has 0 spiro atoms. The van der Waals surface area contributed by atoms with Gasteiger partial charge in [-0.15, -0.1) is 0 Å². The van der Waals surface area contributed by atoms with Crippen LogP contribution in [-0.2, 0) is 0 Å². The summed E-state index contributed by atoms with van der Waals surface area (Å²) in [6.45, 7) is 0. The van der Waals surface area contributed by atoms with E-state index < -0.39 is 0 Å². The van der Waals surface area contributed by atoms with Crippen LogP contribution in [0.25, 0.3) is 0 Å². The third kappa shape index (κ3) is 1.06. The van der Waals surface area contributed by atoms with Crippen molar-refractivity contribution < 1.29 is 0 Å². The first kappa shape index (κ1) is 8.61. The molecule has 2 atom stereocenters. The molecule has 0 amide bonds. The van der Waals surface area contributed by atoms with Crippen molar-refractivity contribution in [2.75, 3.05) is 0 Å². The van der Waals surface area contributed by atoms with Crippen molar-refractivity contribution in [3.8, 4) is 0 Å². The number of halogens is 1. The Morgan fingerprint density at radius 2 is 1.21 bits per heavy atom. The zero-order valence-corrected chi connectivity index (χ0v) is 10.3. The molecule has 1 heteroatoms. The van der Waals surface area contributed by atoms with Gasteiger partial charge in [0.05, 0.1) is 0 Å². The molecule has 5 rings (SSSR count). The summed E-state index contributed by atoms with van der Waals surface area (Å²) < 4.78 is 0. The molecule has 4 bridgehead atoms. The van der Waals surface area contributed by atoms with Crippen molar-refractivity contribution >= 4 is 15.9 Å². The molecule has 0 radical (unpaired) electrons. The molecule has 0 aromatic rings. The highest BCUT2D eigenvalue weighted by molar-refractivity contribution is 9.09. The molecule has 0 N–H and O–H groups in total. The van der Waals surface area contributed by atoms with Gasteiger partial charge in [-0.2, -0.15) is 0 Å². The topological polar surface area (TPSA) is 0 Å². The van der Waals surface area contributed by atoms with Crippen molar-refractivity contribution in [1.82, 2.24) is 0 Å². The van der Waals surface area contributed by atoms with Crippen LogP contribution in [0.3, 0.4) is 0 Å². The molecule has 0 saturated heterocycles. The molecule has 0 aromatic heterocycles. The first-order chi connectivity index (χ1) is 6.75. The lowest BCUT2D eigenvalue weighted by molar-refractivity contribution is -0.0653. The van der Waals surface area contributed by atoms with Gasteiger partial charge in [-0.25, -0.2) is 0 Å². The standard InChI is InChI=1S/C13H19Br/c14-12-4-11(12)13-5-8-1-9(6-13)3-10(2-8)7-13/h8-12H,1-7H2/t8?,9?,10?,11-,12-,13?/m1/s1. The Labute approximate surface area is 95.0 Å². The molecule has 0 aromatic carbocycles. The van der Waals surface area contributed by atoms with E-state index in [0.717, 1.165) is 33.9 Å². The van der Waals surface area contributed by atoms with Crippen LogP contribution in [0.5, 0.6) is 0 Å². The second kappa shape index (κ2) is 2.59. The molecular formula is C13H19Br. The normalized spacial score (nSPS) is 64.5. The van der Waals surface area contributed by atoms with E-state index in [1.807, 2.05) is 0 Å². The van der Waals surface area contributed by atoms with Gasteiger partial charge in [0.15, 0.2) is 0 Å². The van der Waals surface area contributed by atoms with Crippen molar-refractivity contribution in [3.05, 3.63) is 0 Å². The Kier molecular flexibility index (Phi) is 1.59. The van der Waals surface area contributed by atoms with Gasteiger partial charge in [-0.3, -0.25) is 0 Å². The minimum Gasteiger partial charge on any atom is -0.0887 e. The zero-order chi connectivity index (χ0) is 9.34. The lowest BCUT2D eigenvalue weighted by atomic mass is 9.48. The molecule has 5 fully saturated rings. The fourth-order valence-corrected chi connectivity index (χ4v) is 6.39. The van der Waals surface area contributed by atoms with Crippen LogP contribution in [0.15, 0.2) is 0 Å². The van der Waals surface area contributed by atoms with Gasteiger partial charge >= 0.3 is 0 Å². The van der Waals surface area contributed by atoms with Crippen LogP contribution in [-0.4, -0.2) is 4.83 Å². The number of hydrogen-bond acceptors (Lipinski definition) is 0. The highest BCUT2D eigenvalue weighted by Crippen LogP contribution is 2.68. The van der Waals surface area contributed by atoms with Gasteiger partial charge in [0.2, 0.25) is 0 Å². The average Bonchev–Trinajstić information content (AvgIpc) is 2.80. The number of alkyl halides is 1. The fourth-order valence-electron chi connectivity index (χ4n) is 5.43. The molecule has 5 aliphatic rings. The third-order valence-electron chi connectivity index (χ3n) is 5.58. The van der Waals surface area contributed by atoms with E-state index in [1.54, 1.807) is 38.5 Å². The lowest BCUT2D eigenvalue weighted by Gasteiger charge is -2.57. The van der Waals surface area contributed by atoms with Crippen molar-refractivity contribution in [1.29, 1.82) is 0 Å². The summed E-state index contributed by atoms with van der Waals surface area (Å²) in [6, 6.07) is 0. The maximum absolute atomic E-state index is 3.84. The molecule has 0 aliphatic heterocycles. The van der Waals surface area contributed by atoms with E-state index in [2.05, 4.69) is 15.9 Å². The van der Waals surface area contributed by atoms with Crippen LogP contribution < -0.4 is 0 Å². The summed E-state index contributed by atoms with van der Waals surface area (Å²) in [5, 5.41) is 0. The Balaban J connectivity index is 1.68. The van der Waals surface area contributed by atoms with E-state index in [-0.39, 0.29) is 0 Å². The fraction of sp³-hybridized carbons (Fsp3) is 1.00. The summed E-state index contributed by atoms with van der Waals surface area (Å²) in [5.74, 6) is 4.50. The predicted molar refractivity (Wildman–Crippen MR) is 61.4 cm³/mol. The maximum Gasteiger partial charge on any atom is 0.0183 e. The highest BCUT2D eigenvalue weighted by atomic mass is 79.9. The zero-order valence-electron chi connectivity index (χ0n) is 8.71. The summed E-state index contributed by atoms with van der Waals surface area (Å²) in [4.78, 5) is 0.902. The van der Waals surface area contributed by atoms with E-state index in [0.29, 0.717) is 0 Å². The Bertz CT molecular complexity index is 235. The van der Waals surface area contributed by atoms with E-state index >= 15 is 0 Å². The minimum atomic E-state index is 0.836. The van der Waals surface area contributed by atoms with Gasteiger partial charge in [0.1, 0.15) is 0 Å². The Hall–Kier alpha value is 0.480.